The lowest BCUT2D eigenvalue weighted by atomic mass is 10.1. The summed E-state index contributed by atoms with van der Waals surface area (Å²) in [6.45, 7) is 1.46. The van der Waals surface area contributed by atoms with Gasteiger partial charge in [-0.2, -0.15) is 5.10 Å². The summed E-state index contributed by atoms with van der Waals surface area (Å²) in [4.78, 5) is 11.6. The maximum atomic E-state index is 11.6. The van der Waals surface area contributed by atoms with Crippen molar-refractivity contribution in [3.05, 3.63) is 48.2 Å². The zero-order valence-corrected chi connectivity index (χ0v) is 12.0. The Morgan fingerprint density at radius 2 is 2.14 bits per heavy atom. The Balaban J connectivity index is 2.03. The third kappa shape index (κ3) is 4.32. The molecule has 0 aliphatic carbocycles. The number of carbonyl (C=O) groups is 1. The predicted molar refractivity (Wildman–Crippen MR) is 80.7 cm³/mol. The van der Waals surface area contributed by atoms with Crippen molar-refractivity contribution in [1.82, 2.24) is 9.78 Å². The smallest absolute Gasteiger partial charge is 0.244 e. The molecular weight excluding hydrogens is 268 g/mol. The minimum Gasteiger partial charge on any atom is -0.385 e. The SMILES string of the molecule is COCCCn1ccc(N[C@@H](C(N)=O)c2ccccc2)n1. The normalized spacial score (nSPS) is 12.0. The molecule has 1 heterocycles. The molecule has 0 spiro atoms. The fraction of sp³-hybridized carbons (Fsp3) is 0.333. The quantitative estimate of drug-likeness (QED) is 0.722. The van der Waals surface area contributed by atoms with Crippen LogP contribution in [0.1, 0.15) is 18.0 Å². The summed E-state index contributed by atoms with van der Waals surface area (Å²) in [5.74, 6) is 0.190. The maximum absolute atomic E-state index is 11.6. The Kier molecular flexibility index (Phi) is 5.34. The molecule has 0 saturated carbocycles. The molecular formula is C15H20N4O2. The van der Waals surface area contributed by atoms with Gasteiger partial charge in [-0.25, -0.2) is 0 Å². The van der Waals surface area contributed by atoms with Crippen LogP contribution >= 0.6 is 0 Å². The number of nitrogens with two attached hydrogens (primary N) is 1. The van der Waals surface area contributed by atoms with Crippen molar-refractivity contribution in [2.45, 2.75) is 19.0 Å². The fourth-order valence-electron chi connectivity index (χ4n) is 2.05. The van der Waals surface area contributed by atoms with Gasteiger partial charge in [-0.3, -0.25) is 9.48 Å². The van der Waals surface area contributed by atoms with E-state index in [4.69, 9.17) is 10.5 Å². The molecule has 2 aromatic rings. The number of aryl methyl sites for hydroxylation is 1. The van der Waals surface area contributed by atoms with Crippen LogP contribution < -0.4 is 11.1 Å². The van der Waals surface area contributed by atoms with E-state index in [0.717, 1.165) is 18.5 Å². The number of nitrogens with zero attached hydrogens (tertiary/aromatic N) is 2. The molecule has 6 nitrogen and oxygen atoms in total. The first kappa shape index (κ1) is 15.1. The first-order valence-corrected chi connectivity index (χ1v) is 6.84. The highest BCUT2D eigenvalue weighted by molar-refractivity contribution is 5.84. The van der Waals surface area contributed by atoms with Crippen LogP contribution in [0, 0.1) is 0 Å². The summed E-state index contributed by atoms with van der Waals surface area (Å²) < 4.78 is 6.82. The number of benzene rings is 1. The van der Waals surface area contributed by atoms with Crippen molar-refractivity contribution in [3.63, 3.8) is 0 Å². The molecule has 0 aliphatic heterocycles. The summed E-state index contributed by atoms with van der Waals surface area (Å²) in [5, 5.41) is 7.44. The molecule has 1 atom stereocenters. The highest BCUT2D eigenvalue weighted by Gasteiger charge is 2.18. The summed E-state index contributed by atoms with van der Waals surface area (Å²) in [7, 11) is 1.67. The van der Waals surface area contributed by atoms with Crippen LogP contribution in [0.4, 0.5) is 5.82 Å². The summed E-state index contributed by atoms with van der Waals surface area (Å²) in [5.41, 5.74) is 6.29. The van der Waals surface area contributed by atoms with E-state index in [1.165, 1.54) is 0 Å². The molecule has 112 valence electrons. The lowest BCUT2D eigenvalue weighted by Gasteiger charge is -2.15. The van der Waals surface area contributed by atoms with E-state index in [0.29, 0.717) is 12.4 Å². The lowest BCUT2D eigenvalue weighted by Crippen LogP contribution is -2.27. The van der Waals surface area contributed by atoms with Gasteiger partial charge in [0.1, 0.15) is 11.9 Å². The van der Waals surface area contributed by atoms with Crippen LogP contribution in [-0.2, 0) is 16.1 Å². The van der Waals surface area contributed by atoms with Gasteiger partial charge < -0.3 is 15.8 Å². The largest absolute Gasteiger partial charge is 0.385 e. The number of ether oxygens (including phenoxy) is 1. The van der Waals surface area contributed by atoms with Gasteiger partial charge in [-0.05, 0) is 12.0 Å². The van der Waals surface area contributed by atoms with Crippen LogP contribution in [0.5, 0.6) is 0 Å². The first-order chi connectivity index (χ1) is 10.2. The van der Waals surface area contributed by atoms with E-state index < -0.39 is 11.9 Å². The number of hydrogen-bond acceptors (Lipinski definition) is 4. The number of rotatable bonds is 8. The van der Waals surface area contributed by atoms with Crippen molar-refractivity contribution in [2.75, 3.05) is 19.0 Å². The molecule has 1 aromatic carbocycles. The average Bonchev–Trinajstić information content (AvgIpc) is 2.93. The number of amides is 1. The third-order valence-electron chi connectivity index (χ3n) is 3.09. The van der Waals surface area contributed by atoms with Gasteiger partial charge in [0.2, 0.25) is 5.91 Å². The van der Waals surface area contributed by atoms with Gasteiger partial charge in [0.25, 0.3) is 0 Å². The molecule has 0 radical (unpaired) electrons. The highest BCUT2D eigenvalue weighted by Crippen LogP contribution is 2.17. The van der Waals surface area contributed by atoms with Crippen LogP contribution in [0.3, 0.4) is 0 Å². The molecule has 0 fully saturated rings. The summed E-state index contributed by atoms with van der Waals surface area (Å²) in [6, 6.07) is 10.6. The molecule has 21 heavy (non-hydrogen) atoms. The Bertz CT molecular complexity index is 568. The summed E-state index contributed by atoms with van der Waals surface area (Å²) in [6.07, 6.45) is 2.75. The van der Waals surface area contributed by atoms with E-state index in [9.17, 15) is 4.79 Å². The number of hydrogen-bond donors (Lipinski definition) is 2. The topological polar surface area (TPSA) is 82.2 Å². The molecule has 1 aromatic heterocycles. The average molecular weight is 288 g/mol. The van der Waals surface area contributed by atoms with Crippen molar-refractivity contribution in [2.24, 2.45) is 5.73 Å². The van der Waals surface area contributed by atoms with Crippen LogP contribution in [-0.4, -0.2) is 29.4 Å². The maximum Gasteiger partial charge on any atom is 0.244 e. The fourth-order valence-corrected chi connectivity index (χ4v) is 2.05. The Hall–Kier alpha value is -2.34. The number of nitrogens with one attached hydrogen (secondary N) is 1. The predicted octanol–water partition coefficient (Wildman–Crippen LogP) is 1.56. The van der Waals surface area contributed by atoms with E-state index in [1.54, 1.807) is 7.11 Å². The second-order valence-electron chi connectivity index (χ2n) is 4.70. The molecule has 1 amide bonds. The minimum absolute atomic E-state index is 0.435. The molecule has 0 aliphatic rings. The Morgan fingerprint density at radius 1 is 1.38 bits per heavy atom. The van der Waals surface area contributed by atoms with Gasteiger partial charge in [-0.1, -0.05) is 30.3 Å². The van der Waals surface area contributed by atoms with Gasteiger partial charge in [0.15, 0.2) is 0 Å². The van der Waals surface area contributed by atoms with Gasteiger partial charge in [0.05, 0.1) is 0 Å². The standard InChI is InChI=1S/C15H20N4O2/c1-21-11-5-9-19-10-8-13(18-19)17-14(15(16)20)12-6-3-2-4-7-12/h2-4,6-8,10,14H,5,9,11H2,1H3,(H2,16,20)(H,17,18)/t14-/m1/s1. The zero-order chi connectivity index (χ0) is 15.1. The van der Waals surface area contributed by atoms with E-state index >= 15 is 0 Å². The van der Waals surface area contributed by atoms with E-state index in [1.807, 2.05) is 47.3 Å². The van der Waals surface area contributed by atoms with E-state index in [-0.39, 0.29) is 0 Å². The number of carbonyl (C=O) groups excluding carboxylic acids is 1. The molecule has 3 N–H and O–H groups in total. The van der Waals surface area contributed by atoms with E-state index in [2.05, 4.69) is 10.4 Å². The zero-order valence-electron chi connectivity index (χ0n) is 12.0. The van der Waals surface area contributed by atoms with Gasteiger partial charge >= 0.3 is 0 Å². The van der Waals surface area contributed by atoms with Gasteiger partial charge in [0, 0.05) is 32.5 Å². The Morgan fingerprint density at radius 3 is 2.81 bits per heavy atom. The number of aromatic nitrogens is 2. The van der Waals surface area contributed by atoms with Gasteiger partial charge in [-0.15, -0.1) is 0 Å². The van der Waals surface area contributed by atoms with Crippen LogP contribution in [0.25, 0.3) is 0 Å². The first-order valence-electron chi connectivity index (χ1n) is 6.84. The van der Waals surface area contributed by atoms with Crippen LogP contribution in [0.2, 0.25) is 0 Å². The van der Waals surface area contributed by atoms with Crippen molar-refractivity contribution >= 4 is 11.7 Å². The molecule has 2 rings (SSSR count). The van der Waals surface area contributed by atoms with Crippen molar-refractivity contribution in [1.29, 1.82) is 0 Å². The Labute approximate surface area is 123 Å². The second kappa shape index (κ2) is 7.44. The number of primary amides is 1. The van der Waals surface area contributed by atoms with Crippen molar-refractivity contribution < 1.29 is 9.53 Å². The minimum atomic E-state index is -0.589. The third-order valence-corrected chi connectivity index (χ3v) is 3.09. The molecule has 6 heteroatoms. The van der Waals surface area contributed by atoms with Crippen molar-refractivity contribution in [3.8, 4) is 0 Å². The number of methoxy groups -OCH3 is 1. The molecule has 0 unspecified atom stereocenters. The monoisotopic (exact) mass is 288 g/mol. The number of anilines is 1. The molecule has 0 bridgehead atoms. The second-order valence-corrected chi connectivity index (χ2v) is 4.70. The lowest BCUT2D eigenvalue weighted by molar-refractivity contribution is -0.118. The molecule has 0 saturated heterocycles. The highest BCUT2D eigenvalue weighted by atomic mass is 16.5. The van der Waals surface area contributed by atoms with Crippen LogP contribution in [0.15, 0.2) is 42.6 Å². The summed E-state index contributed by atoms with van der Waals surface area (Å²) >= 11 is 0.